The van der Waals surface area contributed by atoms with Crippen LogP contribution in [0, 0.1) is 0 Å². The van der Waals surface area contributed by atoms with Gasteiger partial charge in [-0.25, -0.2) is 4.98 Å². The molecule has 15 heavy (non-hydrogen) atoms. The highest BCUT2D eigenvalue weighted by Gasteiger charge is 2.10. The van der Waals surface area contributed by atoms with Crippen molar-refractivity contribution < 1.29 is 4.79 Å². The molecule has 0 spiro atoms. The summed E-state index contributed by atoms with van der Waals surface area (Å²) in [5, 5.41) is 3.04. The van der Waals surface area contributed by atoms with Crippen LogP contribution < -0.4 is 16.8 Å². The smallest absolute Gasteiger partial charge is 0.248 e. The van der Waals surface area contributed by atoms with E-state index in [4.69, 9.17) is 11.5 Å². The second-order valence-electron chi connectivity index (χ2n) is 4.14. The SMILES string of the molecule is CC(C)(N)CNc1cc(C(N)=O)ccn1. The summed E-state index contributed by atoms with van der Waals surface area (Å²) < 4.78 is 0. The van der Waals surface area contributed by atoms with E-state index < -0.39 is 5.91 Å². The van der Waals surface area contributed by atoms with Crippen LogP contribution in [0.1, 0.15) is 24.2 Å². The summed E-state index contributed by atoms with van der Waals surface area (Å²) in [6.45, 7) is 4.37. The zero-order chi connectivity index (χ0) is 11.5. The number of amides is 1. The Labute approximate surface area is 88.9 Å². The number of anilines is 1. The van der Waals surface area contributed by atoms with Gasteiger partial charge in [-0.15, -0.1) is 0 Å². The van der Waals surface area contributed by atoms with Crippen molar-refractivity contribution in [3.05, 3.63) is 23.9 Å². The van der Waals surface area contributed by atoms with Crippen LogP contribution >= 0.6 is 0 Å². The van der Waals surface area contributed by atoms with Gasteiger partial charge in [-0.2, -0.15) is 0 Å². The minimum absolute atomic E-state index is 0.329. The molecule has 0 aliphatic heterocycles. The first kappa shape index (κ1) is 11.5. The summed E-state index contributed by atoms with van der Waals surface area (Å²) in [7, 11) is 0. The standard InChI is InChI=1S/C10H16N4O/c1-10(2,12)6-14-8-5-7(9(11)15)3-4-13-8/h3-5H,6,12H2,1-2H3,(H2,11,15)(H,13,14). The Morgan fingerprint density at radius 1 is 1.60 bits per heavy atom. The van der Waals surface area contributed by atoms with E-state index in [-0.39, 0.29) is 5.54 Å². The molecule has 0 aliphatic carbocycles. The van der Waals surface area contributed by atoms with Gasteiger partial charge in [-0.3, -0.25) is 4.79 Å². The molecule has 0 atom stereocenters. The molecule has 1 aromatic heterocycles. The molecular formula is C10H16N4O. The summed E-state index contributed by atoms with van der Waals surface area (Å²) in [4.78, 5) is 14.9. The first-order valence-corrected chi connectivity index (χ1v) is 4.67. The second kappa shape index (κ2) is 4.27. The maximum absolute atomic E-state index is 10.9. The van der Waals surface area contributed by atoms with Gasteiger partial charge in [0.15, 0.2) is 0 Å². The van der Waals surface area contributed by atoms with E-state index in [0.717, 1.165) is 0 Å². The molecule has 0 aliphatic rings. The summed E-state index contributed by atoms with van der Waals surface area (Å²) in [6.07, 6.45) is 1.53. The summed E-state index contributed by atoms with van der Waals surface area (Å²) in [6, 6.07) is 3.18. The molecule has 0 saturated carbocycles. The first-order chi connectivity index (χ1) is 6.88. The third-order valence-electron chi connectivity index (χ3n) is 1.77. The van der Waals surface area contributed by atoms with E-state index in [1.54, 1.807) is 12.1 Å². The number of hydrogen-bond acceptors (Lipinski definition) is 4. The van der Waals surface area contributed by atoms with Crippen molar-refractivity contribution >= 4 is 11.7 Å². The second-order valence-corrected chi connectivity index (χ2v) is 4.14. The van der Waals surface area contributed by atoms with Crippen LogP contribution in [0.3, 0.4) is 0 Å². The first-order valence-electron chi connectivity index (χ1n) is 4.67. The minimum Gasteiger partial charge on any atom is -0.368 e. The van der Waals surface area contributed by atoms with Gasteiger partial charge in [-0.05, 0) is 26.0 Å². The lowest BCUT2D eigenvalue weighted by Gasteiger charge is -2.19. The Balaban J connectivity index is 2.70. The van der Waals surface area contributed by atoms with Crippen molar-refractivity contribution in [3.8, 4) is 0 Å². The van der Waals surface area contributed by atoms with Crippen LogP contribution in [-0.4, -0.2) is 23.0 Å². The van der Waals surface area contributed by atoms with Gasteiger partial charge in [0.1, 0.15) is 5.82 Å². The number of pyridine rings is 1. The van der Waals surface area contributed by atoms with Gasteiger partial charge in [0.2, 0.25) is 5.91 Å². The zero-order valence-corrected chi connectivity index (χ0v) is 8.95. The summed E-state index contributed by atoms with van der Waals surface area (Å²) in [5.41, 5.74) is 11.0. The highest BCUT2D eigenvalue weighted by molar-refractivity contribution is 5.93. The largest absolute Gasteiger partial charge is 0.368 e. The molecule has 0 bridgehead atoms. The number of carbonyl (C=O) groups is 1. The van der Waals surface area contributed by atoms with E-state index in [0.29, 0.717) is 17.9 Å². The number of aromatic nitrogens is 1. The highest BCUT2D eigenvalue weighted by Crippen LogP contribution is 2.07. The van der Waals surface area contributed by atoms with Gasteiger partial charge in [0, 0.05) is 23.8 Å². The van der Waals surface area contributed by atoms with Gasteiger partial charge in [0.05, 0.1) is 0 Å². The Morgan fingerprint density at radius 2 is 2.27 bits per heavy atom. The predicted octanol–water partition coefficient (Wildman–Crippen LogP) is 0.330. The lowest BCUT2D eigenvalue weighted by Crippen LogP contribution is -2.39. The Kier molecular flexibility index (Phi) is 3.26. The van der Waals surface area contributed by atoms with Gasteiger partial charge in [0.25, 0.3) is 0 Å². The van der Waals surface area contributed by atoms with Crippen LogP contribution in [0.15, 0.2) is 18.3 Å². The summed E-state index contributed by atoms with van der Waals surface area (Å²) in [5.74, 6) is 0.136. The van der Waals surface area contributed by atoms with Crippen LogP contribution in [0.5, 0.6) is 0 Å². The zero-order valence-electron chi connectivity index (χ0n) is 8.95. The Morgan fingerprint density at radius 3 is 2.80 bits per heavy atom. The number of hydrogen-bond donors (Lipinski definition) is 3. The highest BCUT2D eigenvalue weighted by atomic mass is 16.1. The van der Waals surface area contributed by atoms with Crippen molar-refractivity contribution in [2.75, 3.05) is 11.9 Å². The molecule has 82 valence electrons. The van der Waals surface area contributed by atoms with Gasteiger partial charge >= 0.3 is 0 Å². The fourth-order valence-electron chi connectivity index (χ4n) is 0.999. The molecule has 0 fully saturated rings. The topological polar surface area (TPSA) is 94.0 Å². The molecule has 1 rings (SSSR count). The lowest BCUT2D eigenvalue weighted by molar-refractivity contribution is 0.1000. The fourth-order valence-corrected chi connectivity index (χ4v) is 0.999. The molecule has 0 aromatic carbocycles. The minimum atomic E-state index is -0.465. The molecule has 0 radical (unpaired) electrons. The molecule has 5 nitrogen and oxygen atoms in total. The van der Waals surface area contributed by atoms with Crippen LogP contribution in [-0.2, 0) is 0 Å². The van der Waals surface area contributed by atoms with E-state index in [9.17, 15) is 4.79 Å². The van der Waals surface area contributed by atoms with Crippen LogP contribution in [0.2, 0.25) is 0 Å². The molecule has 5 heteroatoms. The maximum atomic E-state index is 10.9. The quantitative estimate of drug-likeness (QED) is 0.664. The maximum Gasteiger partial charge on any atom is 0.248 e. The average Bonchev–Trinajstić information content (AvgIpc) is 2.14. The average molecular weight is 208 g/mol. The third kappa shape index (κ3) is 3.95. The van der Waals surface area contributed by atoms with Crippen molar-refractivity contribution in [3.63, 3.8) is 0 Å². The van der Waals surface area contributed by atoms with Crippen LogP contribution in [0.25, 0.3) is 0 Å². The molecular weight excluding hydrogens is 192 g/mol. The number of nitrogens with zero attached hydrogens (tertiary/aromatic N) is 1. The van der Waals surface area contributed by atoms with Crippen molar-refractivity contribution in [2.24, 2.45) is 11.5 Å². The molecule has 1 aromatic rings. The summed E-state index contributed by atoms with van der Waals surface area (Å²) >= 11 is 0. The number of primary amides is 1. The molecule has 0 unspecified atom stereocenters. The van der Waals surface area contributed by atoms with E-state index in [1.807, 2.05) is 13.8 Å². The van der Waals surface area contributed by atoms with E-state index in [2.05, 4.69) is 10.3 Å². The van der Waals surface area contributed by atoms with Gasteiger partial charge < -0.3 is 16.8 Å². The molecule has 0 saturated heterocycles. The van der Waals surface area contributed by atoms with Gasteiger partial charge in [-0.1, -0.05) is 0 Å². The predicted molar refractivity (Wildman–Crippen MR) is 59.5 cm³/mol. The van der Waals surface area contributed by atoms with Crippen molar-refractivity contribution in [1.29, 1.82) is 0 Å². The monoisotopic (exact) mass is 208 g/mol. The van der Waals surface area contributed by atoms with Crippen molar-refractivity contribution in [1.82, 2.24) is 4.98 Å². The normalized spacial score (nSPS) is 11.1. The van der Waals surface area contributed by atoms with E-state index in [1.165, 1.54) is 6.20 Å². The molecule has 1 amide bonds. The number of nitrogens with one attached hydrogen (secondary N) is 1. The fraction of sp³-hybridized carbons (Fsp3) is 0.400. The Bertz CT molecular complexity index is 357. The van der Waals surface area contributed by atoms with Crippen molar-refractivity contribution in [2.45, 2.75) is 19.4 Å². The lowest BCUT2D eigenvalue weighted by atomic mass is 10.1. The number of carbonyl (C=O) groups excluding carboxylic acids is 1. The third-order valence-corrected chi connectivity index (χ3v) is 1.77. The molecule has 5 N–H and O–H groups in total. The number of rotatable bonds is 4. The molecule has 1 heterocycles. The Hall–Kier alpha value is -1.62. The van der Waals surface area contributed by atoms with Crippen LogP contribution in [0.4, 0.5) is 5.82 Å². The number of nitrogens with two attached hydrogens (primary N) is 2. The van der Waals surface area contributed by atoms with E-state index >= 15 is 0 Å².